The Hall–Kier alpha value is -1.16. The van der Waals surface area contributed by atoms with Gasteiger partial charge in [0.1, 0.15) is 5.82 Å². The molecule has 0 atom stereocenters. The van der Waals surface area contributed by atoms with Crippen LogP contribution in [-0.4, -0.2) is 30.5 Å². The minimum Gasteiger partial charge on any atom is -0.381 e. The molecule has 0 bridgehead atoms. The minimum atomic E-state index is 0.530. The molecule has 1 saturated heterocycles. The van der Waals surface area contributed by atoms with Crippen LogP contribution in [0, 0.1) is 0 Å². The van der Waals surface area contributed by atoms with Gasteiger partial charge in [-0.05, 0) is 25.0 Å². The predicted molar refractivity (Wildman–Crippen MR) is 54.4 cm³/mol. The lowest BCUT2D eigenvalue weighted by molar-refractivity contribution is 0.0843. The number of ether oxygens (including phenoxy) is 1. The van der Waals surface area contributed by atoms with Crippen LogP contribution in [-0.2, 0) is 4.74 Å². The highest BCUT2D eigenvalue weighted by Crippen LogP contribution is 2.24. The SMILES string of the molecule is CNc1ccc(C2CCOCC2)nn1. The van der Waals surface area contributed by atoms with Crippen molar-refractivity contribution in [2.75, 3.05) is 25.6 Å². The van der Waals surface area contributed by atoms with Gasteiger partial charge in [-0.1, -0.05) is 0 Å². The normalized spacial score (nSPS) is 18.1. The van der Waals surface area contributed by atoms with Gasteiger partial charge >= 0.3 is 0 Å². The van der Waals surface area contributed by atoms with Crippen molar-refractivity contribution in [1.29, 1.82) is 0 Å². The topological polar surface area (TPSA) is 47.0 Å². The molecule has 1 aliphatic heterocycles. The highest BCUT2D eigenvalue weighted by Gasteiger charge is 2.17. The van der Waals surface area contributed by atoms with Crippen molar-refractivity contribution < 1.29 is 4.74 Å². The van der Waals surface area contributed by atoms with Gasteiger partial charge in [0.15, 0.2) is 0 Å². The molecule has 0 amide bonds. The Morgan fingerprint density at radius 1 is 1.29 bits per heavy atom. The Kier molecular flexibility index (Phi) is 2.93. The number of nitrogens with one attached hydrogen (secondary N) is 1. The van der Waals surface area contributed by atoms with Crippen LogP contribution in [0.3, 0.4) is 0 Å². The Bertz CT molecular complexity index is 280. The fraction of sp³-hybridized carbons (Fsp3) is 0.600. The largest absolute Gasteiger partial charge is 0.381 e. The molecule has 1 aromatic heterocycles. The molecule has 0 saturated carbocycles. The average Bonchev–Trinajstić information content (AvgIpc) is 2.30. The average molecular weight is 193 g/mol. The summed E-state index contributed by atoms with van der Waals surface area (Å²) in [6, 6.07) is 4.02. The summed E-state index contributed by atoms with van der Waals surface area (Å²) >= 11 is 0. The summed E-state index contributed by atoms with van der Waals surface area (Å²) in [5.74, 6) is 1.35. The van der Waals surface area contributed by atoms with Gasteiger partial charge in [0, 0.05) is 26.2 Å². The van der Waals surface area contributed by atoms with Crippen LogP contribution < -0.4 is 5.32 Å². The summed E-state index contributed by atoms with van der Waals surface area (Å²) in [5, 5.41) is 11.2. The van der Waals surface area contributed by atoms with E-state index in [0.29, 0.717) is 5.92 Å². The summed E-state index contributed by atoms with van der Waals surface area (Å²) < 4.78 is 5.31. The van der Waals surface area contributed by atoms with Crippen molar-refractivity contribution in [1.82, 2.24) is 10.2 Å². The summed E-state index contributed by atoms with van der Waals surface area (Å²) in [4.78, 5) is 0. The van der Waals surface area contributed by atoms with E-state index in [1.54, 1.807) is 0 Å². The molecule has 1 aromatic rings. The van der Waals surface area contributed by atoms with E-state index in [0.717, 1.165) is 37.6 Å². The predicted octanol–water partition coefficient (Wildman–Crippen LogP) is 1.41. The lowest BCUT2D eigenvalue weighted by atomic mass is 9.96. The Morgan fingerprint density at radius 3 is 2.64 bits per heavy atom. The smallest absolute Gasteiger partial charge is 0.148 e. The van der Waals surface area contributed by atoms with Gasteiger partial charge in [0.2, 0.25) is 0 Å². The third-order valence-electron chi connectivity index (χ3n) is 2.58. The van der Waals surface area contributed by atoms with Crippen molar-refractivity contribution in [2.45, 2.75) is 18.8 Å². The van der Waals surface area contributed by atoms with Gasteiger partial charge < -0.3 is 10.1 Å². The zero-order valence-corrected chi connectivity index (χ0v) is 8.36. The van der Waals surface area contributed by atoms with E-state index in [4.69, 9.17) is 4.74 Å². The highest BCUT2D eigenvalue weighted by atomic mass is 16.5. The molecule has 2 heterocycles. The monoisotopic (exact) mass is 193 g/mol. The molecule has 0 spiro atoms. The molecule has 1 aliphatic rings. The Balaban J connectivity index is 2.07. The van der Waals surface area contributed by atoms with Gasteiger partial charge in [-0.15, -0.1) is 5.10 Å². The number of anilines is 1. The maximum atomic E-state index is 5.31. The molecule has 0 aliphatic carbocycles. The second-order valence-electron chi connectivity index (χ2n) is 3.48. The number of hydrogen-bond donors (Lipinski definition) is 1. The van der Waals surface area contributed by atoms with E-state index in [1.807, 2.05) is 13.1 Å². The van der Waals surface area contributed by atoms with Crippen LogP contribution in [0.2, 0.25) is 0 Å². The molecule has 1 N–H and O–H groups in total. The minimum absolute atomic E-state index is 0.530. The first-order valence-corrected chi connectivity index (χ1v) is 4.99. The van der Waals surface area contributed by atoms with E-state index < -0.39 is 0 Å². The third-order valence-corrected chi connectivity index (χ3v) is 2.58. The summed E-state index contributed by atoms with van der Waals surface area (Å²) in [6.07, 6.45) is 2.13. The van der Waals surface area contributed by atoms with E-state index in [1.165, 1.54) is 0 Å². The van der Waals surface area contributed by atoms with Crippen molar-refractivity contribution in [3.8, 4) is 0 Å². The standard InChI is InChI=1S/C10H15N3O/c1-11-10-3-2-9(12-13-10)8-4-6-14-7-5-8/h2-3,8H,4-7H2,1H3,(H,11,13). The first-order valence-electron chi connectivity index (χ1n) is 4.99. The lowest BCUT2D eigenvalue weighted by Gasteiger charge is -2.20. The maximum Gasteiger partial charge on any atom is 0.148 e. The number of hydrogen-bond acceptors (Lipinski definition) is 4. The second kappa shape index (κ2) is 4.37. The lowest BCUT2D eigenvalue weighted by Crippen LogP contribution is -2.15. The summed E-state index contributed by atoms with van der Waals surface area (Å²) in [5.41, 5.74) is 1.09. The van der Waals surface area contributed by atoms with Gasteiger partial charge in [-0.2, -0.15) is 5.10 Å². The molecule has 0 radical (unpaired) electrons. The first-order chi connectivity index (χ1) is 6.90. The van der Waals surface area contributed by atoms with Crippen LogP contribution >= 0.6 is 0 Å². The van der Waals surface area contributed by atoms with Crippen LogP contribution in [0.4, 0.5) is 5.82 Å². The van der Waals surface area contributed by atoms with Gasteiger partial charge in [-0.25, -0.2) is 0 Å². The van der Waals surface area contributed by atoms with Gasteiger partial charge in [0.25, 0.3) is 0 Å². The third kappa shape index (κ3) is 2.01. The van der Waals surface area contributed by atoms with Crippen molar-refractivity contribution in [3.63, 3.8) is 0 Å². The maximum absolute atomic E-state index is 5.31. The molecule has 1 fully saturated rings. The highest BCUT2D eigenvalue weighted by molar-refractivity contribution is 5.32. The molecule has 0 unspecified atom stereocenters. The van der Waals surface area contributed by atoms with Crippen molar-refractivity contribution in [2.24, 2.45) is 0 Å². The number of nitrogens with zero attached hydrogens (tertiary/aromatic N) is 2. The van der Waals surface area contributed by atoms with Crippen LogP contribution in [0.15, 0.2) is 12.1 Å². The molecular weight excluding hydrogens is 178 g/mol. The first kappa shape index (κ1) is 9.40. The molecule has 76 valence electrons. The van der Waals surface area contributed by atoms with Crippen LogP contribution in [0.5, 0.6) is 0 Å². The van der Waals surface area contributed by atoms with E-state index >= 15 is 0 Å². The number of rotatable bonds is 2. The quantitative estimate of drug-likeness (QED) is 0.771. The van der Waals surface area contributed by atoms with Crippen LogP contribution in [0.25, 0.3) is 0 Å². The van der Waals surface area contributed by atoms with E-state index in [-0.39, 0.29) is 0 Å². The van der Waals surface area contributed by atoms with Crippen molar-refractivity contribution in [3.05, 3.63) is 17.8 Å². The molecule has 14 heavy (non-hydrogen) atoms. The molecule has 2 rings (SSSR count). The zero-order chi connectivity index (χ0) is 9.80. The molecule has 0 aromatic carbocycles. The van der Waals surface area contributed by atoms with E-state index in [2.05, 4.69) is 21.6 Å². The molecular formula is C10H15N3O. The fourth-order valence-electron chi connectivity index (χ4n) is 1.69. The van der Waals surface area contributed by atoms with Crippen molar-refractivity contribution >= 4 is 5.82 Å². The Morgan fingerprint density at radius 2 is 2.07 bits per heavy atom. The fourth-order valence-corrected chi connectivity index (χ4v) is 1.69. The second-order valence-corrected chi connectivity index (χ2v) is 3.48. The summed E-state index contributed by atoms with van der Waals surface area (Å²) in [6.45, 7) is 1.69. The zero-order valence-electron chi connectivity index (χ0n) is 8.36. The summed E-state index contributed by atoms with van der Waals surface area (Å²) in [7, 11) is 1.85. The Labute approximate surface area is 83.7 Å². The molecule has 4 heteroatoms. The molecule has 4 nitrogen and oxygen atoms in total. The number of aromatic nitrogens is 2. The van der Waals surface area contributed by atoms with Gasteiger partial charge in [-0.3, -0.25) is 0 Å². The van der Waals surface area contributed by atoms with E-state index in [9.17, 15) is 0 Å². The van der Waals surface area contributed by atoms with Crippen LogP contribution in [0.1, 0.15) is 24.5 Å². The van der Waals surface area contributed by atoms with Gasteiger partial charge in [0.05, 0.1) is 5.69 Å².